The number of carbonyl (C=O) groups is 1. The summed E-state index contributed by atoms with van der Waals surface area (Å²) < 4.78 is 0. The monoisotopic (exact) mass is 367 g/mol. The third-order valence-electron chi connectivity index (χ3n) is 4.54. The van der Waals surface area contributed by atoms with Crippen molar-refractivity contribution in [2.45, 2.75) is 31.7 Å². The van der Waals surface area contributed by atoms with E-state index in [1.165, 1.54) is 5.56 Å². The third-order valence-corrected chi connectivity index (χ3v) is 5.19. The van der Waals surface area contributed by atoms with E-state index >= 15 is 0 Å². The van der Waals surface area contributed by atoms with Crippen molar-refractivity contribution in [1.82, 2.24) is 15.3 Å². The highest BCUT2D eigenvalue weighted by molar-refractivity contribution is 7.98. The molecule has 3 aromatic rings. The summed E-state index contributed by atoms with van der Waals surface area (Å²) in [4.78, 5) is 20.7. The van der Waals surface area contributed by atoms with Crippen molar-refractivity contribution in [2.75, 3.05) is 12.0 Å². The van der Waals surface area contributed by atoms with Crippen molar-refractivity contribution in [3.63, 3.8) is 0 Å². The number of hydrogen-bond donors (Lipinski definition) is 2. The minimum absolute atomic E-state index is 0.0629. The zero-order valence-electron chi connectivity index (χ0n) is 15.2. The van der Waals surface area contributed by atoms with Crippen LogP contribution in [0.5, 0.6) is 0 Å². The van der Waals surface area contributed by atoms with Crippen LogP contribution in [0, 0.1) is 0 Å². The summed E-state index contributed by atoms with van der Waals surface area (Å²) in [6.07, 6.45) is 3.40. The van der Waals surface area contributed by atoms with Crippen molar-refractivity contribution in [3.8, 4) is 0 Å². The molecule has 3 rings (SSSR count). The normalized spacial score (nSPS) is 13.5. The lowest BCUT2D eigenvalue weighted by Crippen LogP contribution is -2.30. The van der Waals surface area contributed by atoms with Gasteiger partial charge in [-0.15, -0.1) is 0 Å². The second-order valence-corrected chi connectivity index (χ2v) is 7.54. The number of amides is 1. The van der Waals surface area contributed by atoms with Gasteiger partial charge in [-0.25, -0.2) is 4.98 Å². The maximum absolute atomic E-state index is 12.6. The Morgan fingerprint density at radius 2 is 1.88 bits per heavy atom. The van der Waals surface area contributed by atoms with Crippen molar-refractivity contribution in [1.29, 1.82) is 0 Å². The Morgan fingerprint density at radius 3 is 2.62 bits per heavy atom. The maximum Gasteiger partial charge on any atom is 0.221 e. The van der Waals surface area contributed by atoms with Gasteiger partial charge < -0.3 is 10.3 Å². The molecule has 1 aromatic heterocycles. The Labute approximate surface area is 158 Å². The average molecular weight is 368 g/mol. The molecule has 2 aromatic carbocycles. The minimum Gasteiger partial charge on any atom is -0.346 e. The first-order valence-electron chi connectivity index (χ1n) is 8.95. The van der Waals surface area contributed by atoms with Gasteiger partial charge in [0.15, 0.2) is 0 Å². The van der Waals surface area contributed by atoms with Crippen molar-refractivity contribution in [3.05, 3.63) is 66.0 Å². The van der Waals surface area contributed by atoms with E-state index in [0.29, 0.717) is 6.42 Å². The molecule has 1 heterocycles. The fourth-order valence-corrected chi connectivity index (χ4v) is 3.55. The molecule has 0 bridgehead atoms. The summed E-state index contributed by atoms with van der Waals surface area (Å²) in [5, 5.41) is 3.18. The molecule has 1 unspecified atom stereocenters. The summed E-state index contributed by atoms with van der Waals surface area (Å²) in [6.45, 7) is 2.09. The van der Waals surface area contributed by atoms with E-state index in [2.05, 4.69) is 40.6 Å². The van der Waals surface area contributed by atoms with E-state index in [-0.39, 0.29) is 17.9 Å². The topological polar surface area (TPSA) is 57.8 Å². The van der Waals surface area contributed by atoms with Crippen LogP contribution in [0.3, 0.4) is 0 Å². The van der Waals surface area contributed by atoms with Crippen LogP contribution in [-0.2, 0) is 4.79 Å². The number of imidazole rings is 1. The number of rotatable bonds is 8. The fourth-order valence-electron chi connectivity index (χ4n) is 3.08. The molecule has 136 valence electrons. The standard InChI is InChI=1S/C21H25N3OS/c1-15(16-8-4-3-5-9-16)14-20(25)22-19(12-13-26-2)21-23-17-10-6-7-11-18(17)24-21/h3-11,15,19H,12-14H2,1-2H3,(H,22,25)(H,23,24)/t15?,19-/m0/s1. The maximum atomic E-state index is 12.6. The zero-order valence-corrected chi connectivity index (χ0v) is 16.1. The molecule has 1 amide bonds. The molecular weight excluding hydrogens is 342 g/mol. The number of H-pyrrole nitrogens is 1. The van der Waals surface area contributed by atoms with Gasteiger partial charge in [0.25, 0.3) is 0 Å². The Balaban J connectivity index is 1.70. The van der Waals surface area contributed by atoms with Gasteiger partial charge in [0, 0.05) is 6.42 Å². The molecule has 0 saturated heterocycles. The first kappa shape index (κ1) is 18.5. The Bertz CT molecular complexity index is 814. The van der Waals surface area contributed by atoms with Gasteiger partial charge in [-0.3, -0.25) is 4.79 Å². The molecule has 0 fully saturated rings. The van der Waals surface area contributed by atoms with Crippen LogP contribution < -0.4 is 5.32 Å². The second-order valence-electron chi connectivity index (χ2n) is 6.56. The number of nitrogens with one attached hydrogen (secondary N) is 2. The molecule has 2 atom stereocenters. The quantitative estimate of drug-likeness (QED) is 0.608. The molecule has 0 aliphatic heterocycles. The molecule has 0 aliphatic carbocycles. The van der Waals surface area contributed by atoms with Crippen molar-refractivity contribution < 1.29 is 4.79 Å². The lowest BCUT2D eigenvalue weighted by molar-refractivity contribution is -0.122. The highest BCUT2D eigenvalue weighted by atomic mass is 32.2. The van der Waals surface area contributed by atoms with E-state index in [4.69, 9.17) is 0 Å². The van der Waals surface area contributed by atoms with Gasteiger partial charge in [0.2, 0.25) is 5.91 Å². The number of hydrogen-bond acceptors (Lipinski definition) is 3. The second kappa shape index (κ2) is 8.90. The van der Waals surface area contributed by atoms with Crippen LogP contribution in [0.4, 0.5) is 0 Å². The van der Waals surface area contributed by atoms with Gasteiger partial charge in [-0.05, 0) is 42.0 Å². The number of benzene rings is 2. The molecule has 5 heteroatoms. The predicted octanol–water partition coefficient (Wildman–Crippen LogP) is 4.67. The van der Waals surface area contributed by atoms with Gasteiger partial charge >= 0.3 is 0 Å². The predicted molar refractivity (Wildman–Crippen MR) is 109 cm³/mol. The molecule has 0 aliphatic rings. The van der Waals surface area contributed by atoms with Crippen LogP contribution in [0.25, 0.3) is 11.0 Å². The smallest absolute Gasteiger partial charge is 0.221 e. The molecular formula is C21H25N3OS. The van der Waals surface area contributed by atoms with Gasteiger partial charge in [0.05, 0.1) is 17.1 Å². The van der Waals surface area contributed by atoms with E-state index in [1.54, 1.807) is 11.8 Å². The van der Waals surface area contributed by atoms with E-state index in [9.17, 15) is 4.79 Å². The summed E-state index contributed by atoms with van der Waals surface area (Å²) in [7, 11) is 0. The summed E-state index contributed by atoms with van der Waals surface area (Å²) in [5.74, 6) is 2.05. The number of thioether (sulfide) groups is 1. The number of carbonyl (C=O) groups excluding carboxylic acids is 1. The molecule has 0 radical (unpaired) electrons. The van der Waals surface area contributed by atoms with Crippen LogP contribution >= 0.6 is 11.8 Å². The van der Waals surface area contributed by atoms with E-state index in [0.717, 1.165) is 29.0 Å². The minimum atomic E-state index is -0.0923. The molecule has 0 spiro atoms. The van der Waals surface area contributed by atoms with E-state index in [1.807, 2.05) is 42.5 Å². The highest BCUT2D eigenvalue weighted by Crippen LogP contribution is 2.22. The largest absolute Gasteiger partial charge is 0.346 e. The SMILES string of the molecule is CSCC[C@H](NC(=O)CC(C)c1ccccc1)c1nc2ccccc2[nH]1. The van der Waals surface area contributed by atoms with E-state index < -0.39 is 0 Å². The van der Waals surface area contributed by atoms with Crippen LogP contribution in [0.15, 0.2) is 54.6 Å². The van der Waals surface area contributed by atoms with Crippen LogP contribution in [0.2, 0.25) is 0 Å². The summed E-state index contributed by atoms with van der Waals surface area (Å²) in [5.41, 5.74) is 3.12. The van der Waals surface area contributed by atoms with Crippen LogP contribution in [0.1, 0.15) is 43.1 Å². The summed E-state index contributed by atoms with van der Waals surface area (Å²) in [6, 6.07) is 18.0. The first-order valence-corrected chi connectivity index (χ1v) is 10.3. The van der Waals surface area contributed by atoms with Gasteiger partial charge in [-0.1, -0.05) is 49.4 Å². The first-order chi connectivity index (χ1) is 12.7. The Kier molecular flexibility index (Phi) is 6.34. The average Bonchev–Trinajstić information content (AvgIpc) is 3.09. The molecule has 26 heavy (non-hydrogen) atoms. The molecule has 4 nitrogen and oxygen atoms in total. The number of para-hydroxylation sites is 2. The Morgan fingerprint density at radius 1 is 1.15 bits per heavy atom. The zero-order chi connectivity index (χ0) is 18.4. The lowest BCUT2D eigenvalue weighted by Gasteiger charge is -2.18. The van der Waals surface area contributed by atoms with Gasteiger partial charge in [0.1, 0.15) is 5.82 Å². The highest BCUT2D eigenvalue weighted by Gasteiger charge is 2.19. The Hall–Kier alpha value is -2.27. The number of aromatic amines is 1. The lowest BCUT2D eigenvalue weighted by atomic mass is 9.97. The molecule has 2 N–H and O–H groups in total. The van der Waals surface area contributed by atoms with Crippen molar-refractivity contribution >= 4 is 28.7 Å². The molecule has 0 saturated carbocycles. The van der Waals surface area contributed by atoms with Crippen molar-refractivity contribution in [2.24, 2.45) is 0 Å². The van der Waals surface area contributed by atoms with Gasteiger partial charge in [-0.2, -0.15) is 11.8 Å². The number of aromatic nitrogens is 2. The number of fused-ring (bicyclic) bond motifs is 1. The number of nitrogens with zero attached hydrogens (tertiary/aromatic N) is 1. The summed E-state index contributed by atoms with van der Waals surface area (Å²) >= 11 is 1.78. The van der Waals surface area contributed by atoms with Crippen LogP contribution in [-0.4, -0.2) is 27.9 Å². The fraction of sp³-hybridized carbons (Fsp3) is 0.333. The third kappa shape index (κ3) is 4.67.